The predicted molar refractivity (Wildman–Crippen MR) is 134 cm³/mol. The number of H-pyrrole nitrogens is 1. The van der Waals surface area contributed by atoms with Crippen LogP contribution in [-0.2, 0) is 20.8 Å². The number of nitrogens with one attached hydrogen (secondary N) is 3. The molecule has 6 nitrogen and oxygen atoms in total. The number of para-hydroxylation sites is 2. The predicted octanol–water partition coefficient (Wildman–Crippen LogP) is 5.37. The summed E-state index contributed by atoms with van der Waals surface area (Å²) in [5, 5.41) is 6.26. The van der Waals surface area contributed by atoms with Crippen molar-refractivity contribution in [1.82, 2.24) is 10.3 Å². The smallest absolute Gasteiger partial charge is 0.265 e. The summed E-state index contributed by atoms with van der Waals surface area (Å²) >= 11 is 3.29. The lowest BCUT2D eigenvalue weighted by Crippen LogP contribution is -2.22. The zero-order chi connectivity index (χ0) is 23.4. The van der Waals surface area contributed by atoms with Gasteiger partial charge in [0.05, 0.1) is 10.1 Å². The summed E-state index contributed by atoms with van der Waals surface area (Å²) in [6.45, 7) is 1.98. The number of aromatic nitrogens is 1. The first-order valence-corrected chi connectivity index (χ1v) is 12.0. The van der Waals surface area contributed by atoms with E-state index in [9.17, 15) is 14.4 Å². The van der Waals surface area contributed by atoms with Crippen LogP contribution in [0.15, 0.2) is 53.0 Å². The summed E-state index contributed by atoms with van der Waals surface area (Å²) in [6, 6.07) is 15.6. The van der Waals surface area contributed by atoms with Crippen LogP contribution in [0.5, 0.6) is 0 Å². The highest BCUT2D eigenvalue weighted by Gasteiger charge is 2.32. The molecule has 4 rings (SSSR count). The largest absolute Gasteiger partial charge is 0.358 e. The maximum atomic E-state index is 12.4. The molecule has 170 valence electrons. The number of halogens is 1. The van der Waals surface area contributed by atoms with E-state index >= 15 is 0 Å². The van der Waals surface area contributed by atoms with Crippen LogP contribution in [0.25, 0.3) is 16.5 Å². The lowest BCUT2D eigenvalue weighted by atomic mass is 9.99. The van der Waals surface area contributed by atoms with Gasteiger partial charge in [-0.1, -0.05) is 49.2 Å². The number of aryl methyl sites for hydroxylation is 2. The quantitative estimate of drug-likeness (QED) is 0.268. The second-order valence-electron chi connectivity index (χ2n) is 8.27. The van der Waals surface area contributed by atoms with E-state index in [1.54, 1.807) is 0 Å². The van der Waals surface area contributed by atoms with Crippen LogP contribution in [-0.4, -0.2) is 22.7 Å². The number of fused-ring (bicyclic) bond motifs is 1. The molecule has 1 aromatic heterocycles. The molecule has 0 saturated heterocycles. The van der Waals surface area contributed by atoms with Crippen molar-refractivity contribution in [3.05, 3.63) is 69.8 Å². The Bertz CT molecular complexity index is 1260. The van der Waals surface area contributed by atoms with E-state index in [0.717, 1.165) is 65.5 Å². The standard InChI is InChI=1S/C26H26BrN3O3/c1-16-10-6-8-12-18(16)29-21(31)15-5-3-2-4-14-20-22(17-11-7-9-13-19(17)28-20)23-24(27)26(33)30-25(23)32/h6-13,28H,2-5,14-15H2,1H3,(H,29,31)(H,30,32,33). The van der Waals surface area contributed by atoms with Gasteiger partial charge in [-0.2, -0.15) is 0 Å². The first-order chi connectivity index (χ1) is 16.0. The van der Waals surface area contributed by atoms with Crippen molar-refractivity contribution < 1.29 is 14.4 Å². The molecule has 1 aliphatic heterocycles. The number of carbonyl (C=O) groups excluding carboxylic acids is 3. The van der Waals surface area contributed by atoms with Crippen LogP contribution in [0.2, 0.25) is 0 Å². The Hall–Kier alpha value is -3.19. The van der Waals surface area contributed by atoms with Gasteiger partial charge in [0.25, 0.3) is 11.8 Å². The summed E-state index contributed by atoms with van der Waals surface area (Å²) in [7, 11) is 0. The number of hydrogen-bond acceptors (Lipinski definition) is 3. The SMILES string of the molecule is Cc1ccccc1NC(=O)CCCCCCc1[nH]c2ccccc2c1C1=C(Br)C(=O)NC1=O. The number of benzene rings is 2. The van der Waals surface area contributed by atoms with Crippen LogP contribution >= 0.6 is 15.9 Å². The average Bonchev–Trinajstić information content (AvgIpc) is 3.27. The van der Waals surface area contributed by atoms with Gasteiger partial charge in [-0.15, -0.1) is 0 Å². The third kappa shape index (κ3) is 5.09. The number of rotatable bonds is 9. The van der Waals surface area contributed by atoms with Crippen LogP contribution in [0.3, 0.4) is 0 Å². The second kappa shape index (κ2) is 10.2. The van der Waals surface area contributed by atoms with E-state index in [4.69, 9.17) is 0 Å². The van der Waals surface area contributed by atoms with Crippen molar-refractivity contribution in [3.63, 3.8) is 0 Å². The minimum Gasteiger partial charge on any atom is -0.358 e. The molecule has 1 aliphatic rings. The van der Waals surface area contributed by atoms with Gasteiger partial charge in [-0.3, -0.25) is 19.7 Å². The monoisotopic (exact) mass is 507 g/mol. The van der Waals surface area contributed by atoms with E-state index in [2.05, 4.69) is 31.5 Å². The second-order valence-corrected chi connectivity index (χ2v) is 9.07. The first-order valence-electron chi connectivity index (χ1n) is 11.2. The topological polar surface area (TPSA) is 91.1 Å². The maximum absolute atomic E-state index is 12.4. The third-order valence-electron chi connectivity index (χ3n) is 5.91. The minimum absolute atomic E-state index is 0.0379. The van der Waals surface area contributed by atoms with E-state index in [-0.39, 0.29) is 16.3 Å². The van der Waals surface area contributed by atoms with Crippen LogP contribution in [0.4, 0.5) is 5.69 Å². The number of aromatic amines is 1. The fraction of sp³-hybridized carbons (Fsp3) is 0.269. The number of unbranched alkanes of at least 4 members (excludes halogenated alkanes) is 3. The Morgan fingerprint density at radius 2 is 1.67 bits per heavy atom. The zero-order valence-corrected chi connectivity index (χ0v) is 20.1. The van der Waals surface area contributed by atoms with E-state index in [1.165, 1.54) is 0 Å². The van der Waals surface area contributed by atoms with Gasteiger partial charge >= 0.3 is 0 Å². The van der Waals surface area contributed by atoms with Gasteiger partial charge in [0, 0.05) is 34.3 Å². The van der Waals surface area contributed by atoms with E-state index < -0.39 is 5.91 Å². The van der Waals surface area contributed by atoms with Gasteiger partial charge in [0.15, 0.2) is 0 Å². The van der Waals surface area contributed by atoms with Crippen molar-refractivity contribution in [1.29, 1.82) is 0 Å². The summed E-state index contributed by atoms with van der Waals surface area (Å²) in [5.74, 6) is -0.747. The molecule has 2 heterocycles. The summed E-state index contributed by atoms with van der Waals surface area (Å²) < 4.78 is 0.276. The number of amides is 3. The Balaban J connectivity index is 1.34. The molecule has 0 bridgehead atoms. The van der Waals surface area contributed by atoms with Crippen LogP contribution < -0.4 is 10.6 Å². The first kappa shape index (κ1) is 23.0. The van der Waals surface area contributed by atoms with Crippen molar-refractivity contribution in [3.8, 4) is 0 Å². The summed E-state index contributed by atoms with van der Waals surface area (Å²) in [6.07, 6.45) is 4.91. The Morgan fingerprint density at radius 1 is 0.939 bits per heavy atom. The molecular formula is C26H26BrN3O3. The summed E-state index contributed by atoms with van der Waals surface area (Å²) in [5.41, 5.74) is 4.99. The van der Waals surface area contributed by atoms with E-state index in [0.29, 0.717) is 12.0 Å². The molecule has 0 saturated carbocycles. The maximum Gasteiger partial charge on any atom is 0.265 e. The van der Waals surface area contributed by atoms with Crippen molar-refractivity contribution in [2.75, 3.05) is 5.32 Å². The van der Waals surface area contributed by atoms with Gasteiger partial charge in [-0.25, -0.2) is 0 Å². The number of anilines is 1. The highest BCUT2D eigenvalue weighted by atomic mass is 79.9. The highest BCUT2D eigenvalue weighted by molar-refractivity contribution is 9.12. The van der Waals surface area contributed by atoms with Crippen molar-refractivity contribution in [2.45, 2.75) is 45.4 Å². The van der Waals surface area contributed by atoms with Crippen molar-refractivity contribution in [2.24, 2.45) is 0 Å². The Labute approximate surface area is 201 Å². The van der Waals surface area contributed by atoms with Crippen molar-refractivity contribution >= 4 is 55.8 Å². The molecule has 0 aliphatic carbocycles. The molecule has 7 heteroatoms. The molecule has 3 N–H and O–H groups in total. The molecule has 2 aromatic carbocycles. The molecule has 0 spiro atoms. The molecule has 3 aromatic rings. The molecule has 0 atom stereocenters. The van der Waals surface area contributed by atoms with Gasteiger partial charge in [-0.05, 0) is 59.8 Å². The third-order valence-corrected chi connectivity index (χ3v) is 6.66. The fourth-order valence-electron chi connectivity index (χ4n) is 4.19. The van der Waals surface area contributed by atoms with Gasteiger partial charge < -0.3 is 10.3 Å². The Kier molecular flexibility index (Phi) is 7.08. The lowest BCUT2D eigenvalue weighted by Gasteiger charge is -2.08. The lowest BCUT2D eigenvalue weighted by molar-refractivity contribution is -0.123. The fourth-order valence-corrected chi connectivity index (χ4v) is 4.67. The van der Waals surface area contributed by atoms with Crippen LogP contribution in [0, 0.1) is 6.92 Å². The molecule has 0 radical (unpaired) electrons. The van der Waals surface area contributed by atoms with E-state index in [1.807, 2.05) is 55.5 Å². The minimum atomic E-state index is -0.407. The Morgan fingerprint density at radius 3 is 2.42 bits per heavy atom. The van der Waals surface area contributed by atoms with Gasteiger partial charge in [0.2, 0.25) is 5.91 Å². The molecular weight excluding hydrogens is 482 g/mol. The average molecular weight is 508 g/mol. The molecule has 3 amide bonds. The molecule has 33 heavy (non-hydrogen) atoms. The van der Waals surface area contributed by atoms with Gasteiger partial charge in [0.1, 0.15) is 0 Å². The number of hydrogen-bond donors (Lipinski definition) is 3. The number of carbonyl (C=O) groups is 3. The number of imide groups is 1. The molecule has 0 unspecified atom stereocenters. The van der Waals surface area contributed by atoms with Crippen LogP contribution in [0.1, 0.15) is 48.9 Å². The highest BCUT2D eigenvalue weighted by Crippen LogP contribution is 2.36. The summed E-state index contributed by atoms with van der Waals surface area (Å²) in [4.78, 5) is 40.1. The normalized spacial score (nSPS) is 13.6. The molecule has 0 fully saturated rings. The zero-order valence-electron chi connectivity index (χ0n) is 18.5.